The fraction of sp³-hybridized carbons (Fsp3) is 0.394. The second kappa shape index (κ2) is 13.7. The van der Waals surface area contributed by atoms with Gasteiger partial charge in [0.15, 0.2) is 0 Å². The summed E-state index contributed by atoms with van der Waals surface area (Å²) in [5.41, 5.74) is -2.30. The topological polar surface area (TPSA) is 49.4 Å². The predicted octanol–water partition coefficient (Wildman–Crippen LogP) is 8.23. The van der Waals surface area contributed by atoms with Gasteiger partial charge in [0.05, 0.1) is 11.1 Å². The van der Waals surface area contributed by atoms with Crippen molar-refractivity contribution in [1.29, 1.82) is 0 Å². The molecule has 3 aromatic rings. The molecule has 0 aliphatic heterocycles. The lowest BCUT2D eigenvalue weighted by molar-refractivity contribution is -0.143. The largest absolute Gasteiger partial charge is 0.416 e. The van der Waals surface area contributed by atoms with Gasteiger partial charge in [-0.1, -0.05) is 79.9 Å². The molecular formula is C33H34F6N2O2. The van der Waals surface area contributed by atoms with E-state index in [1.807, 2.05) is 60.7 Å². The third-order valence-electron chi connectivity index (χ3n) is 7.99. The molecule has 4 rings (SSSR count). The van der Waals surface area contributed by atoms with Gasteiger partial charge in [0.1, 0.15) is 0 Å². The Morgan fingerprint density at radius 1 is 0.791 bits per heavy atom. The normalized spacial score (nSPS) is 15.3. The minimum absolute atomic E-state index is 0.000599. The Morgan fingerprint density at radius 3 is 1.74 bits per heavy atom. The van der Waals surface area contributed by atoms with Crippen LogP contribution in [0.15, 0.2) is 78.9 Å². The predicted molar refractivity (Wildman–Crippen MR) is 151 cm³/mol. The van der Waals surface area contributed by atoms with E-state index in [4.69, 9.17) is 0 Å². The highest BCUT2D eigenvalue weighted by molar-refractivity contribution is 5.95. The van der Waals surface area contributed by atoms with Crippen LogP contribution >= 0.6 is 0 Å². The molecule has 0 bridgehead atoms. The molecule has 2 amide bonds. The standard InChI is InChI=1S/C33H34F6N2O2/c1-41(31(43)24-19-25(32(34,35)36)21-26(20-24)33(37,38)39)28(17-18-29(42)40-27-15-9-4-10-16-27)30(22-11-5-2-6-12-22)23-13-7-3-8-14-23/h2-3,5-8,11-14,19-21,27-28,30H,4,9-10,15-18H2,1H3,(H,40,42). The lowest BCUT2D eigenvalue weighted by atomic mass is 9.82. The van der Waals surface area contributed by atoms with Crippen LogP contribution in [0.3, 0.4) is 0 Å². The van der Waals surface area contributed by atoms with E-state index < -0.39 is 46.9 Å². The fourth-order valence-corrected chi connectivity index (χ4v) is 5.80. The Morgan fingerprint density at radius 2 is 1.28 bits per heavy atom. The van der Waals surface area contributed by atoms with Gasteiger partial charge in [0, 0.05) is 37.0 Å². The van der Waals surface area contributed by atoms with Gasteiger partial charge in [-0.2, -0.15) is 26.3 Å². The minimum atomic E-state index is -5.10. The third-order valence-corrected chi connectivity index (χ3v) is 7.99. The number of benzene rings is 3. The van der Waals surface area contributed by atoms with Crippen LogP contribution in [0.2, 0.25) is 0 Å². The SMILES string of the molecule is CN(C(=O)c1cc(C(F)(F)F)cc(C(F)(F)F)c1)C(CCC(=O)NC1CCCCC1)C(c1ccccc1)c1ccccc1. The van der Waals surface area contributed by atoms with Crippen molar-refractivity contribution in [3.8, 4) is 0 Å². The molecule has 1 N–H and O–H groups in total. The number of amides is 2. The van der Waals surface area contributed by atoms with Crippen molar-refractivity contribution in [2.45, 2.75) is 75.3 Å². The smallest absolute Gasteiger partial charge is 0.353 e. The fourth-order valence-electron chi connectivity index (χ4n) is 5.80. The van der Waals surface area contributed by atoms with Crippen LogP contribution in [0.1, 0.15) is 83.5 Å². The molecule has 43 heavy (non-hydrogen) atoms. The van der Waals surface area contributed by atoms with Crippen molar-refractivity contribution in [1.82, 2.24) is 10.2 Å². The molecule has 1 fully saturated rings. The number of carbonyl (C=O) groups is 2. The zero-order chi connectivity index (χ0) is 31.2. The van der Waals surface area contributed by atoms with Crippen LogP contribution in [0.4, 0.5) is 26.3 Å². The quantitative estimate of drug-likeness (QED) is 0.250. The van der Waals surface area contributed by atoms with E-state index in [1.54, 1.807) is 0 Å². The summed E-state index contributed by atoms with van der Waals surface area (Å²) in [7, 11) is 1.36. The Balaban J connectivity index is 1.73. The molecule has 0 radical (unpaired) electrons. The van der Waals surface area contributed by atoms with E-state index in [2.05, 4.69) is 5.32 Å². The van der Waals surface area contributed by atoms with E-state index in [1.165, 1.54) is 11.9 Å². The zero-order valence-corrected chi connectivity index (χ0v) is 23.7. The van der Waals surface area contributed by atoms with Gasteiger partial charge < -0.3 is 10.2 Å². The molecule has 230 valence electrons. The molecule has 0 saturated heterocycles. The maximum absolute atomic E-state index is 13.8. The first-order valence-corrected chi connectivity index (χ1v) is 14.3. The van der Waals surface area contributed by atoms with Gasteiger partial charge in [-0.3, -0.25) is 9.59 Å². The number of alkyl halides is 6. The van der Waals surface area contributed by atoms with Crippen molar-refractivity contribution in [3.63, 3.8) is 0 Å². The number of nitrogens with zero attached hydrogens (tertiary/aromatic N) is 1. The third kappa shape index (κ3) is 8.39. The molecular weight excluding hydrogens is 570 g/mol. The first kappa shape index (κ1) is 32.1. The summed E-state index contributed by atoms with van der Waals surface area (Å²) in [5.74, 6) is -1.74. The van der Waals surface area contributed by atoms with E-state index in [0.717, 1.165) is 43.2 Å². The lowest BCUT2D eigenvalue weighted by Crippen LogP contribution is -2.43. The average Bonchev–Trinajstić information content (AvgIpc) is 2.99. The van der Waals surface area contributed by atoms with Crippen molar-refractivity contribution >= 4 is 11.8 Å². The second-order valence-corrected chi connectivity index (χ2v) is 11.0. The van der Waals surface area contributed by atoms with Crippen molar-refractivity contribution in [3.05, 3.63) is 107 Å². The van der Waals surface area contributed by atoms with Crippen LogP contribution in [-0.2, 0) is 17.1 Å². The van der Waals surface area contributed by atoms with Gasteiger partial charge in [-0.15, -0.1) is 0 Å². The summed E-state index contributed by atoms with van der Waals surface area (Å²) in [6.07, 6.45) is -5.14. The van der Waals surface area contributed by atoms with Crippen LogP contribution < -0.4 is 5.32 Å². The number of carbonyl (C=O) groups excluding carboxylic acids is 2. The van der Waals surface area contributed by atoms with Gasteiger partial charge in [-0.05, 0) is 48.6 Å². The lowest BCUT2D eigenvalue weighted by Gasteiger charge is -2.36. The maximum atomic E-state index is 13.8. The van der Waals surface area contributed by atoms with E-state index in [-0.39, 0.29) is 30.9 Å². The molecule has 1 aliphatic carbocycles. The summed E-state index contributed by atoms with van der Waals surface area (Å²) in [5, 5.41) is 3.05. The number of hydrogen-bond donors (Lipinski definition) is 1. The van der Waals surface area contributed by atoms with Crippen LogP contribution in [0, 0.1) is 0 Å². The number of nitrogens with one attached hydrogen (secondary N) is 1. The molecule has 1 atom stereocenters. The van der Waals surface area contributed by atoms with Gasteiger partial charge in [-0.25, -0.2) is 0 Å². The molecule has 10 heteroatoms. The summed E-state index contributed by atoms with van der Waals surface area (Å²) in [6, 6.07) is 18.4. The summed E-state index contributed by atoms with van der Waals surface area (Å²) in [4.78, 5) is 28.0. The number of hydrogen-bond acceptors (Lipinski definition) is 2. The first-order chi connectivity index (χ1) is 20.3. The highest BCUT2D eigenvalue weighted by Crippen LogP contribution is 2.38. The van der Waals surface area contributed by atoms with Crippen molar-refractivity contribution in [2.75, 3.05) is 7.05 Å². The highest BCUT2D eigenvalue weighted by atomic mass is 19.4. The van der Waals surface area contributed by atoms with E-state index >= 15 is 0 Å². The number of likely N-dealkylation sites (N-methyl/N-ethyl adjacent to an activating group) is 1. The van der Waals surface area contributed by atoms with Crippen LogP contribution in [0.5, 0.6) is 0 Å². The Labute approximate surface area is 247 Å². The van der Waals surface area contributed by atoms with Crippen LogP contribution in [-0.4, -0.2) is 35.8 Å². The minimum Gasteiger partial charge on any atom is -0.353 e. The maximum Gasteiger partial charge on any atom is 0.416 e. The summed E-state index contributed by atoms with van der Waals surface area (Å²) < 4.78 is 81.6. The summed E-state index contributed by atoms with van der Waals surface area (Å²) >= 11 is 0. The molecule has 1 unspecified atom stereocenters. The molecule has 3 aromatic carbocycles. The van der Waals surface area contributed by atoms with Crippen LogP contribution in [0.25, 0.3) is 0 Å². The van der Waals surface area contributed by atoms with Gasteiger partial charge in [0.25, 0.3) is 5.91 Å². The molecule has 0 aromatic heterocycles. The zero-order valence-electron chi connectivity index (χ0n) is 23.7. The number of halogens is 6. The van der Waals surface area contributed by atoms with Gasteiger partial charge in [0.2, 0.25) is 5.91 Å². The van der Waals surface area contributed by atoms with Crippen molar-refractivity contribution in [2.24, 2.45) is 0 Å². The average molecular weight is 605 g/mol. The Bertz CT molecular complexity index is 1300. The Kier molecular flexibility index (Phi) is 10.2. The second-order valence-electron chi connectivity index (χ2n) is 11.0. The molecule has 0 spiro atoms. The van der Waals surface area contributed by atoms with Gasteiger partial charge >= 0.3 is 12.4 Å². The van der Waals surface area contributed by atoms with E-state index in [9.17, 15) is 35.9 Å². The molecule has 0 heterocycles. The Hall–Kier alpha value is -3.82. The highest BCUT2D eigenvalue weighted by Gasteiger charge is 2.39. The molecule has 4 nitrogen and oxygen atoms in total. The first-order valence-electron chi connectivity index (χ1n) is 14.3. The molecule has 1 saturated carbocycles. The van der Waals surface area contributed by atoms with E-state index in [0.29, 0.717) is 12.1 Å². The molecule has 1 aliphatic rings. The monoisotopic (exact) mass is 604 g/mol. The number of rotatable bonds is 9. The van der Waals surface area contributed by atoms with Crippen molar-refractivity contribution < 1.29 is 35.9 Å². The summed E-state index contributed by atoms with van der Waals surface area (Å²) in [6.45, 7) is 0.